The lowest BCUT2D eigenvalue weighted by Crippen LogP contribution is -2.32. The molecule has 90 valence electrons. The van der Waals surface area contributed by atoms with Crippen LogP contribution in [-0.4, -0.2) is 36.4 Å². The number of likely N-dealkylation sites (N-methyl/N-ethyl adjacent to an activating group) is 1. The van der Waals surface area contributed by atoms with Crippen molar-refractivity contribution < 1.29 is 4.79 Å². The molecule has 0 bridgehead atoms. The Kier molecular flexibility index (Phi) is 4.89. The van der Waals surface area contributed by atoms with E-state index in [0.29, 0.717) is 19.0 Å². The first-order valence-corrected chi connectivity index (χ1v) is 6.17. The summed E-state index contributed by atoms with van der Waals surface area (Å²) in [5.74, 6) is 0.566. The number of thiazole rings is 1. The molecule has 16 heavy (non-hydrogen) atoms. The molecule has 0 saturated heterocycles. The van der Waals surface area contributed by atoms with Crippen LogP contribution in [0.2, 0.25) is 0 Å². The van der Waals surface area contributed by atoms with Gasteiger partial charge in [0.25, 0.3) is 0 Å². The highest BCUT2D eigenvalue weighted by molar-refractivity contribution is 7.11. The molecule has 0 fully saturated rings. The third kappa shape index (κ3) is 3.90. The van der Waals surface area contributed by atoms with E-state index in [2.05, 4.69) is 24.1 Å². The summed E-state index contributed by atoms with van der Waals surface area (Å²) in [5.41, 5.74) is 0. The molecule has 0 aromatic carbocycles. The first-order valence-electron chi connectivity index (χ1n) is 5.36. The van der Waals surface area contributed by atoms with Crippen LogP contribution in [-0.2, 0) is 11.3 Å². The zero-order valence-electron chi connectivity index (χ0n) is 10.3. The van der Waals surface area contributed by atoms with E-state index in [1.165, 1.54) is 4.88 Å². The molecule has 1 rings (SSSR count). The molecule has 0 aliphatic heterocycles. The van der Waals surface area contributed by atoms with Gasteiger partial charge in [0, 0.05) is 37.6 Å². The molecule has 1 aromatic heterocycles. The van der Waals surface area contributed by atoms with E-state index in [-0.39, 0.29) is 5.91 Å². The largest absolute Gasteiger partial charge is 0.348 e. The minimum absolute atomic E-state index is 0.0913. The molecule has 1 amide bonds. The number of carbonyl (C=O) groups excluding carboxylic acids is 1. The summed E-state index contributed by atoms with van der Waals surface area (Å²) in [6.45, 7) is 5.35. The van der Waals surface area contributed by atoms with E-state index in [0.717, 1.165) is 5.01 Å². The number of amides is 1. The van der Waals surface area contributed by atoms with Crippen LogP contribution in [0.4, 0.5) is 0 Å². The fourth-order valence-corrected chi connectivity index (χ4v) is 2.01. The summed E-state index contributed by atoms with van der Waals surface area (Å²) in [4.78, 5) is 18.4. The highest BCUT2D eigenvalue weighted by Gasteiger charge is 2.06. The van der Waals surface area contributed by atoms with Gasteiger partial charge < -0.3 is 10.2 Å². The average molecular weight is 241 g/mol. The van der Waals surface area contributed by atoms with Gasteiger partial charge in [-0.05, 0) is 0 Å². The van der Waals surface area contributed by atoms with Crippen LogP contribution in [0.1, 0.15) is 29.7 Å². The van der Waals surface area contributed by atoms with Crippen LogP contribution in [0.15, 0.2) is 6.20 Å². The summed E-state index contributed by atoms with van der Waals surface area (Å²) < 4.78 is 0. The number of aromatic nitrogens is 1. The molecule has 0 atom stereocenters. The van der Waals surface area contributed by atoms with Crippen LogP contribution in [0.3, 0.4) is 0 Å². The summed E-state index contributed by atoms with van der Waals surface area (Å²) in [7, 11) is 3.52. The highest BCUT2D eigenvalue weighted by atomic mass is 32.1. The van der Waals surface area contributed by atoms with Crippen molar-refractivity contribution in [3.8, 4) is 0 Å². The number of hydrogen-bond acceptors (Lipinski definition) is 4. The minimum atomic E-state index is 0.0913. The second-order valence-electron chi connectivity index (χ2n) is 4.21. The van der Waals surface area contributed by atoms with E-state index in [1.807, 2.05) is 6.20 Å². The van der Waals surface area contributed by atoms with Gasteiger partial charge in [0.2, 0.25) is 5.91 Å². The van der Waals surface area contributed by atoms with E-state index in [4.69, 9.17) is 0 Å². The number of nitrogens with zero attached hydrogens (tertiary/aromatic N) is 2. The molecular formula is C11H19N3OS. The number of hydrogen-bond donors (Lipinski definition) is 1. The second-order valence-corrected chi connectivity index (χ2v) is 5.36. The first kappa shape index (κ1) is 13.1. The lowest BCUT2D eigenvalue weighted by Gasteiger charge is -2.10. The van der Waals surface area contributed by atoms with E-state index in [1.54, 1.807) is 30.3 Å². The van der Waals surface area contributed by atoms with E-state index >= 15 is 0 Å². The van der Waals surface area contributed by atoms with Crippen molar-refractivity contribution in [2.24, 2.45) is 0 Å². The molecule has 4 nitrogen and oxygen atoms in total. The Balaban J connectivity index is 2.35. The maximum atomic E-state index is 11.3. The minimum Gasteiger partial charge on any atom is -0.348 e. The van der Waals surface area contributed by atoms with Crippen LogP contribution in [0.5, 0.6) is 0 Å². The first-order chi connectivity index (χ1) is 7.50. The zero-order chi connectivity index (χ0) is 12.1. The maximum absolute atomic E-state index is 11.3. The second kappa shape index (κ2) is 5.96. The third-order valence-electron chi connectivity index (χ3n) is 2.14. The molecule has 0 radical (unpaired) electrons. The fraction of sp³-hybridized carbons (Fsp3) is 0.636. The Hall–Kier alpha value is -0.940. The van der Waals surface area contributed by atoms with Crippen molar-refractivity contribution in [3.63, 3.8) is 0 Å². The molecule has 0 spiro atoms. The van der Waals surface area contributed by atoms with E-state index in [9.17, 15) is 4.79 Å². The molecule has 1 heterocycles. The summed E-state index contributed by atoms with van der Waals surface area (Å²) >= 11 is 1.70. The van der Waals surface area contributed by atoms with Crippen molar-refractivity contribution in [1.29, 1.82) is 0 Å². The van der Waals surface area contributed by atoms with Crippen LogP contribution in [0, 0.1) is 0 Å². The zero-order valence-corrected chi connectivity index (χ0v) is 11.1. The monoisotopic (exact) mass is 241 g/mol. The normalized spacial score (nSPS) is 10.8. The lowest BCUT2D eigenvalue weighted by molar-refractivity contribution is -0.127. The SMILES string of the molecule is CC(C)c1ncc(CNCC(=O)N(C)C)s1. The highest BCUT2D eigenvalue weighted by Crippen LogP contribution is 2.20. The van der Waals surface area contributed by atoms with Gasteiger partial charge in [0.15, 0.2) is 0 Å². The van der Waals surface area contributed by atoms with Gasteiger partial charge in [0.05, 0.1) is 11.6 Å². The van der Waals surface area contributed by atoms with Crippen molar-refractivity contribution in [2.45, 2.75) is 26.3 Å². The van der Waals surface area contributed by atoms with Crippen molar-refractivity contribution in [2.75, 3.05) is 20.6 Å². The van der Waals surface area contributed by atoms with Crippen LogP contribution in [0.25, 0.3) is 0 Å². The topological polar surface area (TPSA) is 45.2 Å². The van der Waals surface area contributed by atoms with Gasteiger partial charge in [-0.15, -0.1) is 11.3 Å². The molecular weight excluding hydrogens is 222 g/mol. The molecule has 1 N–H and O–H groups in total. The molecule has 0 saturated carbocycles. The van der Waals surface area contributed by atoms with Crippen molar-refractivity contribution in [3.05, 3.63) is 16.1 Å². The Morgan fingerprint density at radius 3 is 2.75 bits per heavy atom. The third-order valence-corrected chi connectivity index (χ3v) is 3.44. The number of nitrogens with one attached hydrogen (secondary N) is 1. The Labute approximate surface area is 101 Å². The van der Waals surface area contributed by atoms with Gasteiger partial charge in [-0.3, -0.25) is 4.79 Å². The number of carbonyl (C=O) groups is 1. The Morgan fingerprint density at radius 2 is 2.25 bits per heavy atom. The number of rotatable bonds is 5. The van der Waals surface area contributed by atoms with Crippen LogP contribution >= 0.6 is 11.3 Å². The molecule has 1 aromatic rings. The average Bonchev–Trinajstić information content (AvgIpc) is 2.66. The fourth-order valence-electron chi connectivity index (χ4n) is 1.12. The molecule has 0 aliphatic rings. The molecule has 0 aliphatic carbocycles. The van der Waals surface area contributed by atoms with Gasteiger partial charge in [-0.1, -0.05) is 13.8 Å². The lowest BCUT2D eigenvalue weighted by atomic mass is 10.2. The van der Waals surface area contributed by atoms with Crippen LogP contribution < -0.4 is 5.32 Å². The van der Waals surface area contributed by atoms with Crippen molar-refractivity contribution >= 4 is 17.2 Å². The Morgan fingerprint density at radius 1 is 1.56 bits per heavy atom. The summed E-state index contributed by atoms with van der Waals surface area (Å²) in [6.07, 6.45) is 1.88. The van der Waals surface area contributed by atoms with Gasteiger partial charge in [-0.25, -0.2) is 4.98 Å². The Bertz CT molecular complexity index is 347. The van der Waals surface area contributed by atoms with Crippen molar-refractivity contribution in [1.82, 2.24) is 15.2 Å². The van der Waals surface area contributed by atoms with E-state index < -0.39 is 0 Å². The van der Waals surface area contributed by atoms with Gasteiger partial charge >= 0.3 is 0 Å². The standard InChI is InChI=1S/C11H19N3OS/c1-8(2)11-13-6-9(16-11)5-12-7-10(15)14(3)4/h6,8,12H,5,7H2,1-4H3. The van der Waals surface area contributed by atoms with Gasteiger partial charge in [0.1, 0.15) is 0 Å². The predicted molar refractivity (Wildman–Crippen MR) is 66.6 cm³/mol. The maximum Gasteiger partial charge on any atom is 0.236 e. The predicted octanol–water partition coefficient (Wildman–Crippen LogP) is 1.44. The smallest absolute Gasteiger partial charge is 0.236 e. The summed E-state index contributed by atoms with van der Waals surface area (Å²) in [6, 6.07) is 0. The molecule has 5 heteroatoms. The van der Waals surface area contributed by atoms with Gasteiger partial charge in [-0.2, -0.15) is 0 Å². The summed E-state index contributed by atoms with van der Waals surface area (Å²) in [5, 5.41) is 4.26. The quantitative estimate of drug-likeness (QED) is 0.848. The molecule has 0 unspecified atom stereocenters.